The maximum absolute atomic E-state index is 11.2. The predicted molar refractivity (Wildman–Crippen MR) is 68.0 cm³/mol. The van der Waals surface area contributed by atoms with E-state index >= 15 is 0 Å². The van der Waals surface area contributed by atoms with Crippen molar-refractivity contribution in [1.29, 1.82) is 0 Å². The lowest BCUT2D eigenvalue weighted by Crippen LogP contribution is -2.36. The van der Waals surface area contributed by atoms with Gasteiger partial charge in [-0.1, -0.05) is 30.1 Å². The Morgan fingerprint density at radius 1 is 1.24 bits per heavy atom. The molecule has 0 atom stereocenters. The van der Waals surface area contributed by atoms with Crippen molar-refractivity contribution >= 4 is 11.8 Å². The van der Waals surface area contributed by atoms with Gasteiger partial charge in [-0.2, -0.15) is 0 Å². The van der Waals surface area contributed by atoms with Crippen LogP contribution in [0.2, 0.25) is 0 Å². The van der Waals surface area contributed by atoms with Gasteiger partial charge in [0, 0.05) is 19.9 Å². The lowest BCUT2D eigenvalue weighted by molar-refractivity contribution is -0.124. The lowest BCUT2D eigenvalue weighted by atomic mass is 10.2. The zero-order chi connectivity index (χ0) is 13.1. The van der Waals surface area contributed by atoms with E-state index in [1.165, 1.54) is 6.92 Å². The topological polar surface area (TPSA) is 58.2 Å². The van der Waals surface area contributed by atoms with E-state index in [4.69, 9.17) is 0 Å². The molecule has 0 saturated carbocycles. The summed E-state index contributed by atoms with van der Waals surface area (Å²) in [5, 5.41) is 5.11. The molecule has 0 unspecified atom stereocenters. The van der Waals surface area contributed by atoms with Crippen LogP contribution in [0, 0.1) is 11.8 Å². The van der Waals surface area contributed by atoms with Crippen LogP contribution in [-0.4, -0.2) is 24.9 Å². The minimum Gasteiger partial charge on any atom is -0.351 e. The normalized spacial score (nSPS) is 9.88. The molecule has 17 heavy (non-hydrogen) atoms. The Kier molecular flexibility index (Phi) is 8.13. The molecule has 0 aliphatic rings. The van der Waals surface area contributed by atoms with Gasteiger partial charge in [-0.05, 0) is 13.0 Å². The molecule has 4 heteroatoms. The maximum Gasteiger partial charge on any atom is 0.239 e. The van der Waals surface area contributed by atoms with E-state index in [0.29, 0.717) is 13.0 Å². The van der Waals surface area contributed by atoms with Crippen LogP contribution in [0.25, 0.3) is 0 Å². The Labute approximate surface area is 102 Å². The molecule has 0 aromatic rings. The molecule has 2 amide bonds. The van der Waals surface area contributed by atoms with Crippen molar-refractivity contribution in [1.82, 2.24) is 10.6 Å². The Hall–Kier alpha value is -2.02. The number of hydrogen-bond donors (Lipinski definition) is 2. The minimum absolute atomic E-state index is 0.0128. The van der Waals surface area contributed by atoms with E-state index in [1.807, 2.05) is 13.0 Å². The number of allylic oxidation sites excluding steroid dienone is 2. The molecule has 0 aliphatic heterocycles. The van der Waals surface area contributed by atoms with Crippen LogP contribution >= 0.6 is 0 Å². The van der Waals surface area contributed by atoms with Crippen molar-refractivity contribution in [3.63, 3.8) is 0 Å². The molecule has 92 valence electrons. The molecule has 0 bridgehead atoms. The summed E-state index contributed by atoms with van der Waals surface area (Å²) in [6, 6.07) is 0. The SMILES string of the molecule is C=CC#CC/C=C(\C)CNC(=O)CNC(C)=O. The summed E-state index contributed by atoms with van der Waals surface area (Å²) in [6.07, 6.45) is 4.12. The van der Waals surface area contributed by atoms with E-state index in [2.05, 4.69) is 29.1 Å². The molecular weight excluding hydrogens is 216 g/mol. The van der Waals surface area contributed by atoms with Gasteiger partial charge in [0.25, 0.3) is 0 Å². The molecule has 0 aliphatic carbocycles. The average Bonchev–Trinajstić information content (AvgIpc) is 2.29. The van der Waals surface area contributed by atoms with Crippen molar-refractivity contribution in [2.24, 2.45) is 0 Å². The van der Waals surface area contributed by atoms with Crippen molar-refractivity contribution in [2.45, 2.75) is 20.3 Å². The first-order valence-corrected chi connectivity index (χ1v) is 5.32. The molecule has 0 fully saturated rings. The molecular formula is C13H18N2O2. The van der Waals surface area contributed by atoms with Gasteiger partial charge in [-0.25, -0.2) is 0 Å². The van der Waals surface area contributed by atoms with Gasteiger partial charge in [0.15, 0.2) is 0 Å². The summed E-state index contributed by atoms with van der Waals surface area (Å²) in [5.74, 6) is 5.20. The van der Waals surface area contributed by atoms with Gasteiger partial charge < -0.3 is 10.6 Å². The van der Waals surface area contributed by atoms with Crippen LogP contribution in [0.15, 0.2) is 24.3 Å². The van der Waals surface area contributed by atoms with Crippen LogP contribution in [0.4, 0.5) is 0 Å². The van der Waals surface area contributed by atoms with E-state index in [9.17, 15) is 9.59 Å². The van der Waals surface area contributed by atoms with Crippen LogP contribution in [0.1, 0.15) is 20.3 Å². The van der Waals surface area contributed by atoms with Crippen molar-refractivity contribution in [3.05, 3.63) is 24.3 Å². The highest BCUT2D eigenvalue weighted by molar-refractivity contribution is 5.83. The molecule has 0 radical (unpaired) electrons. The second kappa shape index (κ2) is 9.22. The fourth-order valence-corrected chi connectivity index (χ4v) is 0.934. The van der Waals surface area contributed by atoms with Crippen LogP contribution in [0.3, 0.4) is 0 Å². The molecule has 0 rings (SSSR count). The van der Waals surface area contributed by atoms with Crippen LogP contribution in [0.5, 0.6) is 0 Å². The van der Waals surface area contributed by atoms with Gasteiger partial charge in [0.05, 0.1) is 6.54 Å². The van der Waals surface area contributed by atoms with Gasteiger partial charge >= 0.3 is 0 Å². The van der Waals surface area contributed by atoms with Crippen molar-refractivity contribution in [3.8, 4) is 11.8 Å². The minimum atomic E-state index is -0.216. The third kappa shape index (κ3) is 10.3. The zero-order valence-electron chi connectivity index (χ0n) is 10.3. The Balaban J connectivity index is 3.82. The molecule has 0 spiro atoms. The summed E-state index contributed by atoms with van der Waals surface area (Å²) < 4.78 is 0. The Morgan fingerprint density at radius 2 is 1.94 bits per heavy atom. The first-order valence-electron chi connectivity index (χ1n) is 5.32. The van der Waals surface area contributed by atoms with E-state index in [1.54, 1.807) is 6.08 Å². The average molecular weight is 234 g/mol. The summed E-state index contributed by atoms with van der Waals surface area (Å²) in [6.45, 7) is 7.25. The maximum atomic E-state index is 11.2. The largest absolute Gasteiger partial charge is 0.351 e. The number of amides is 2. The summed E-state index contributed by atoms with van der Waals surface area (Å²) >= 11 is 0. The predicted octanol–water partition coefficient (Wildman–Crippen LogP) is 0.765. The number of carbonyl (C=O) groups is 2. The summed E-state index contributed by atoms with van der Waals surface area (Å²) in [7, 11) is 0. The lowest BCUT2D eigenvalue weighted by Gasteiger charge is -2.05. The second-order valence-corrected chi connectivity index (χ2v) is 3.47. The number of nitrogens with one attached hydrogen (secondary N) is 2. The fourth-order valence-electron chi connectivity index (χ4n) is 0.934. The Bertz CT molecular complexity index is 373. The third-order valence-corrected chi connectivity index (χ3v) is 1.82. The summed E-state index contributed by atoms with van der Waals surface area (Å²) in [5.41, 5.74) is 1.03. The molecule has 0 aromatic carbocycles. The van der Waals surface area contributed by atoms with Crippen LogP contribution in [-0.2, 0) is 9.59 Å². The van der Waals surface area contributed by atoms with E-state index in [0.717, 1.165) is 5.57 Å². The highest BCUT2D eigenvalue weighted by Gasteiger charge is 2.00. The summed E-state index contributed by atoms with van der Waals surface area (Å²) in [4.78, 5) is 21.8. The highest BCUT2D eigenvalue weighted by Crippen LogP contribution is 1.92. The zero-order valence-corrected chi connectivity index (χ0v) is 10.3. The van der Waals surface area contributed by atoms with Crippen molar-refractivity contribution < 1.29 is 9.59 Å². The first-order chi connectivity index (χ1) is 8.06. The van der Waals surface area contributed by atoms with Gasteiger partial charge in [0.1, 0.15) is 0 Å². The first kappa shape index (κ1) is 15.0. The Morgan fingerprint density at radius 3 is 2.53 bits per heavy atom. The second-order valence-electron chi connectivity index (χ2n) is 3.47. The number of rotatable bonds is 5. The standard InChI is InChI=1S/C13H18N2O2/c1-4-5-6-7-8-11(2)9-15-13(17)10-14-12(3)16/h4,8H,1,7,9-10H2,2-3H3,(H,14,16)(H,15,17)/b11-8+. The third-order valence-electron chi connectivity index (χ3n) is 1.82. The van der Waals surface area contributed by atoms with Crippen molar-refractivity contribution in [2.75, 3.05) is 13.1 Å². The van der Waals surface area contributed by atoms with E-state index in [-0.39, 0.29) is 18.4 Å². The number of hydrogen-bond acceptors (Lipinski definition) is 2. The van der Waals surface area contributed by atoms with Gasteiger partial charge in [0.2, 0.25) is 11.8 Å². The molecule has 0 saturated heterocycles. The molecule has 0 aromatic heterocycles. The molecule has 0 heterocycles. The smallest absolute Gasteiger partial charge is 0.239 e. The monoisotopic (exact) mass is 234 g/mol. The van der Waals surface area contributed by atoms with E-state index < -0.39 is 0 Å². The molecule has 4 nitrogen and oxygen atoms in total. The van der Waals surface area contributed by atoms with Gasteiger partial charge in [-0.15, -0.1) is 0 Å². The quantitative estimate of drug-likeness (QED) is 0.545. The molecule has 2 N–H and O–H groups in total. The van der Waals surface area contributed by atoms with Crippen LogP contribution < -0.4 is 10.6 Å². The highest BCUT2D eigenvalue weighted by atomic mass is 16.2. The number of carbonyl (C=O) groups excluding carboxylic acids is 2. The van der Waals surface area contributed by atoms with Gasteiger partial charge in [-0.3, -0.25) is 9.59 Å². The fraction of sp³-hybridized carbons (Fsp3) is 0.385.